The van der Waals surface area contributed by atoms with E-state index in [1.54, 1.807) is 0 Å². The van der Waals surface area contributed by atoms with E-state index in [1.165, 1.54) is 24.0 Å². The van der Waals surface area contributed by atoms with Gasteiger partial charge < -0.3 is 10.6 Å². The van der Waals surface area contributed by atoms with E-state index < -0.39 is 0 Å². The normalized spacial score (nSPS) is 16.7. The Bertz CT molecular complexity index is 467. The number of rotatable bonds is 6. The summed E-state index contributed by atoms with van der Waals surface area (Å²) < 4.78 is 0. The zero-order valence-corrected chi connectivity index (χ0v) is 15.4. The molecule has 130 valence electrons. The summed E-state index contributed by atoms with van der Waals surface area (Å²) in [4.78, 5) is 12.1. The summed E-state index contributed by atoms with van der Waals surface area (Å²) >= 11 is 0. The summed E-state index contributed by atoms with van der Waals surface area (Å²) in [5.74, 6) is 1.44. The van der Waals surface area contributed by atoms with Crippen LogP contribution in [0.4, 0.5) is 0 Å². The van der Waals surface area contributed by atoms with Gasteiger partial charge in [-0.25, -0.2) is 0 Å². The van der Waals surface area contributed by atoms with Gasteiger partial charge in [0.2, 0.25) is 5.91 Å². The first kappa shape index (κ1) is 20.0. The van der Waals surface area contributed by atoms with Gasteiger partial charge >= 0.3 is 0 Å². The maximum Gasteiger partial charge on any atom is 0.220 e. The molecule has 1 heterocycles. The van der Waals surface area contributed by atoms with Crippen LogP contribution < -0.4 is 10.6 Å². The molecule has 2 rings (SSSR count). The largest absolute Gasteiger partial charge is 0.350 e. The zero-order chi connectivity index (χ0) is 15.9. The topological polar surface area (TPSA) is 41.1 Å². The van der Waals surface area contributed by atoms with Gasteiger partial charge in [-0.15, -0.1) is 12.4 Å². The minimum Gasteiger partial charge on any atom is -0.350 e. The highest BCUT2D eigenvalue weighted by Gasteiger charge is 2.15. The molecule has 23 heavy (non-hydrogen) atoms. The SMILES string of the molecule is CC(C)c1ccc(C(C)NC(=O)CCC2CCNCC2)cc1.Cl. The molecule has 3 nitrogen and oxygen atoms in total. The molecule has 0 spiro atoms. The van der Waals surface area contributed by atoms with Crippen LogP contribution in [0, 0.1) is 5.92 Å². The van der Waals surface area contributed by atoms with Crippen molar-refractivity contribution in [1.29, 1.82) is 0 Å². The molecule has 1 aliphatic heterocycles. The lowest BCUT2D eigenvalue weighted by Crippen LogP contribution is -2.30. The minimum absolute atomic E-state index is 0. The van der Waals surface area contributed by atoms with E-state index >= 15 is 0 Å². The van der Waals surface area contributed by atoms with E-state index in [2.05, 4.69) is 55.7 Å². The fourth-order valence-electron chi connectivity index (χ4n) is 3.07. The number of benzene rings is 1. The van der Waals surface area contributed by atoms with Crippen molar-refractivity contribution in [3.63, 3.8) is 0 Å². The van der Waals surface area contributed by atoms with E-state index in [4.69, 9.17) is 0 Å². The van der Waals surface area contributed by atoms with Crippen LogP contribution in [0.3, 0.4) is 0 Å². The van der Waals surface area contributed by atoms with Gasteiger partial charge in [0.1, 0.15) is 0 Å². The first-order valence-corrected chi connectivity index (χ1v) is 8.66. The highest BCUT2D eigenvalue weighted by atomic mass is 35.5. The van der Waals surface area contributed by atoms with Crippen LogP contribution in [0.1, 0.15) is 69.5 Å². The van der Waals surface area contributed by atoms with Crippen LogP contribution in [0.2, 0.25) is 0 Å². The predicted molar refractivity (Wildman–Crippen MR) is 99.2 cm³/mol. The quantitative estimate of drug-likeness (QED) is 0.816. The van der Waals surface area contributed by atoms with Gasteiger partial charge in [-0.05, 0) is 62.2 Å². The molecule has 0 aliphatic carbocycles. The minimum atomic E-state index is 0. The van der Waals surface area contributed by atoms with Gasteiger partial charge in [-0.2, -0.15) is 0 Å². The van der Waals surface area contributed by atoms with Crippen LogP contribution in [0.5, 0.6) is 0 Å². The highest BCUT2D eigenvalue weighted by Crippen LogP contribution is 2.20. The van der Waals surface area contributed by atoms with Crippen LogP contribution in [0.25, 0.3) is 0 Å². The van der Waals surface area contributed by atoms with Gasteiger partial charge in [0, 0.05) is 6.42 Å². The Kier molecular flexibility index (Phi) is 8.64. The maximum atomic E-state index is 12.1. The summed E-state index contributed by atoms with van der Waals surface area (Å²) in [5.41, 5.74) is 2.52. The Balaban J connectivity index is 0.00000264. The van der Waals surface area contributed by atoms with Crippen LogP contribution in [-0.4, -0.2) is 19.0 Å². The number of hydrogen-bond donors (Lipinski definition) is 2. The molecule has 1 aromatic rings. The van der Waals surface area contributed by atoms with Crippen molar-refractivity contribution in [2.75, 3.05) is 13.1 Å². The van der Waals surface area contributed by atoms with E-state index in [-0.39, 0.29) is 24.4 Å². The summed E-state index contributed by atoms with van der Waals surface area (Å²) in [6.07, 6.45) is 4.09. The fourth-order valence-corrected chi connectivity index (χ4v) is 3.07. The van der Waals surface area contributed by atoms with Gasteiger partial charge in [-0.3, -0.25) is 4.79 Å². The van der Waals surface area contributed by atoms with Crippen molar-refractivity contribution in [2.24, 2.45) is 5.92 Å². The average molecular weight is 339 g/mol. The number of carbonyl (C=O) groups excluding carboxylic acids is 1. The lowest BCUT2D eigenvalue weighted by molar-refractivity contribution is -0.122. The summed E-state index contributed by atoms with van der Waals surface area (Å²) in [6, 6.07) is 8.68. The Morgan fingerprint density at radius 1 is 1.13 bits per heavy atom. The third-order valence-corrected chi connectivity index (χ3v) is 4.72. The molecule has 1 aromatic carbocycles. The molecular weight excluding hydrogens is 308 g/mol. The molecule has 0 radical (unpaired) electrons. The van der Waals surface area contributed by atoms with Crippen LogP contribution in [-0.2, 0) is 4.79 Å². The van der Waals surface area contributed by atoms with Crippen molar-refractivity contribution in [3.8, 4) is 0 Å². The molecule has 1 amide bonds. The lowest BCUT2D eigenvalue weighted by Gasteiger charge is -2.22. The third-order valence-electron chi connectivity index (χ3n) is 4.72. The highest BCUT2D eigenvalue weighted by molar-refractivity contribution is 5.85. The van der Waals surface area contributed by atoms with Gasteiger partial charge in [0.05, 0.1) is 6.04 Å². The number of carbonyl (C=O) groups is 1. The molecule has 0 saturated carbocycles. The number of hydrogen-bond acceptors (Lipinski definition) is 2. The predicted octanol–water partition coefficient (Wildman–Crippen LogP) is 4.19. The molecular formula is C19H31ClN2O. The molecule has 2 N–H and O–H groups in total. The standard InChI is InChI=1S/C19H30N2O.ClH/c1-14(2)17-5-7-18(8-6-17)15(3)21-19(22)9-4-16-10-12-20-13-11-16;/h5-8,14-16,20H,4,9-13H2,1-3H3,(H,21,22);1H. The Labute approximate surface area is 147 Å². The number of piperidine rings is 1. The van der Waals surface area contributed by atoms with Crippen molar-refractivity contribution in [1.82, 2.24) is 10.6 Å². The summed E-state index contributed by atoms with van der Waals surface area (Å²) in [6.45, 7) is 8.66. The van der Waals surface area contributed by atoms with Crippen molar-refractivity contribution in [2.45, 2.75) is 58.4 Å². The second-order valence-corrected chi connectivity index (χ2v) is 6.84. The Morgan fingerprint density at radius 2 is 1.70 bits per heavy atom. The second kappa shape index (κ2) is 9.94. The van der Waals surface area contributed by atoms with Gasteiger partial charge in [0.15, 0.2) is 0 Å². The van der Waals surface area contributed by atoms with Crippen molar-refractivity contribution >= 4 is 18.3 Å². The molecule has 1 fully saturated rings. The Morgan fingerprint density at radius 3 is 2.26 bits per heavy atom. The lowest BCUT2D eigenvalue weighted by atomic mass is 9.93. The van der Waals surface area contributed by atoms with E-state index in [0.717, 1.165) is 19.5 Å². The molecule has 0 bridgehead atoms. The third kappa shape index (κ3) is 6.52. The van der Waals surface area contributed by atoms with E-state index in [9.17, 15) is 4.79 Å². The van der Waals surface area contributed by atoms with Crippen molar-refractivity contribution < 1.29 is 4.79 Å². The number of amides is 1. The molecule has 1 aliphatic rings. The van der Waals surface area contributed by atoms with E-state index in [0.29, 0.717) is 18.3 Å². The van der Waals surface area contributed by atoms with Crippen LogP contribution in [0.15, 0.2) is 24.3 Å². The smallest absolute Gasteiger partial charge is 0.220 e. The summed E-state index contributed by atoms with van der Waals surface area (Å²) in [7, 11) is 0. The van der Waals surface area contributed by atoms with E-state index in [1.807, 2.05) is 0 Å². The fraction of sp³-hybridized carbons (Fsp3) is 0.632. The monoisotopic (exact) mass is 338 g/mol. The molecule has 0 aromatic heterocycles. The van der Waals surface area contributed by atoms with Crippen molar-refractivity contribution in [3.05, 3.63) is 35.4 Å². The molecule has 1 atom stereocenters. The molecule has 4 heteroatoms. The second-order valence-electron chi connectivity index (χ2n) is 6.84. The average Bonchev–Trinajstić information content (AvgIpc) is 2.54. The first-order valence-electron chi connectivity index (χ1n) is 8.66. The number of halogens is 1. The first-order chi connectivity index (χ1) is 10.6. The Hall–Kier alpha value is -1.06. The molecule has 1 saturated heterocycles. The molecule has 1 unspecified atom stereocenters. The maximum absolute atomic E-state index is 12.1. The zero-order valence-electron chi connectivity index (χ0n) is 14.6. The number of nitrogens with one attached hydrogen (secondary N) is 2. The summed E-state index contributed by atoms with van der Waals surface area (Å²) in [5, 5.41) is 6.50. The van der Waals surface area contributed by atoms with Gasteiger partial charge in [-0.1, -0.05) is 38.1 Å². The van der Waals surface area contributed by atoms with Crippen LogP contribution >= 0.6 is 12.4 Å². The van der Waals surface area contributed by atoms with Gasteiger partial charge in [0.25, 0.3) is 0 Å².